The van der Waals surface area contributed by atoms with Gasteiger partial charge in [-0.25, -0.2) is 0 Å². The molecule has 0 radical (unpaired) electrons. The Balaban J connectivity index is 0. The molecule has 0 saturated carbocycles. The molecule has 356 valence electrons. The Morgan fingerprint density at radius 2 is 0.508 bits per heavy atom. The summed E-state index contributed by atoms with van der Waals surface area (Å²) in [6.45, 7) is 9.75. The van der Waals surface area contributed by atoms with E-state index in [4.69, 9.17) is 4.74 Å². The number of aliphatic hydroxyl groups is 1. The summed E-state index contributed by atoms with van der Waals surface area (Å²) < 4.78 is 5.44. The van der Waals surface area contributed by atoms with Crippen LogP contribution in [0.4, 0.5) is 0 Å². The molecule has 1 N–H and O–H groups in total. The van der Waals surface area contributed by atoms with Crippen molar-refractivity contribution in [1.29, 1.82) is 0 Å². The molecule has 0 aliphatic carbocycles. The molecule has 0 spiro atoms. The number of unbranched alkanes of at least 4 members (excludes halogenated alkanes) is 42. The van der Waals surface area contributed by atoms with Crippen LogP contribution >= 0.6 is 0 Å². The summed E-state index contributed by atoms with van der Waals surface area (Å²) in [6, 6.07) is 0. The number of aliphatic hydroxyl groups excluding tert-OH is 1. The average molecular weight is 836 g/mol. The van der Waals surface area contributed by atoms with Crippen molar-refractivity contribution in [3.8, 4) is 0 Å². The maximum atomic E-state index is 11.9. The fourth-order valence-electron chi connectivity index (χ4n) is 8.54. The van der Waals surface area contributed by atoms with Crippen LogP contribution in [-0.4, -0.2) is 23.8 Å². The van der Waals surface area contributed by atoms with Gasteiger partial charge < -0.3 is 9.84 Å². The van der Waals surface area contributed by atoms with E-state index >= 15 is 0 Å². The number of carbonyl (C=O) groups is 1. The number of rotatable bonds is 50. The highest BCUT2D eigenvalue weighted by molar-refractivity contribution is 5.69. The van der Waals surface area contributed by atoms with Crippen LogP contribution in [0.1, 0.15) is 342 Å². The minimum absolute atomic E-state index is 0.0271. The van der Waals surface area contributed by atoms with Crippen LogP contribution in [0, 0.1) is 0 Å². The Hall–Kier alpha value is -0.570. The lowest BCUT2D eigenvalue weighted by Gasteiger charge is -2.10. The van der Waals surface area contributed by atoms with Gasteiger partial charge in [0.1, 0.15) is 0 Å². The lowest BCUT2D eigenvalue weighted by molar-refractivity contribution is -0.143. The maximum absolute atomic E-state index is 11.9. The first-order valence-electron chi connectivity index (χ1n) is 28.0. The number of carbonyl (C=O) groups excluding carboxylic acids is 1. The van der Waals surface area contributed by atoms with Gasteiger partial charge in [-0.15, -0.1) is 0 Å². The minimum atomic E-state index is -0.0271. The van der Waals surface area contributed by atoms with Gasteiger partial charge >= 0.3 is 5.97 Å². The van der Waals surface area contributed by atoms with Gasteiger partial charge in [-0.1, -0.05) is 310 Å². The normalized spacial score (nSPS) is 11.8. The third-order valence-corrected chi connectivity index (χ3v) is 12.8. The summed E-state index contributed by atoms with van der Waals surface area (Å²) in [5.74, 6) is 0.0284. The second kappa shape index (κ2) is 57.4. The first kappa shape index (κ1) is 60.5. The first-order valence-corrected chi connectivity index (χ1v) is 28.0. The number of ether oxygens (including phenoxy) is 1. The molecule has 0 aromatic rings. The van der Waals surface area contributed by atoms with Crippen LogP contribution in [-0.2, 0) is 9.53 Å². The zero-order chi connectivity index (χ0) is 43.2. The monoisotopic (exact) mass is 835 g/mol. The predicted molar refractivity (Wildman–Crippen MR) is 266 cm³/mol. The molecule has 0 heterocycles. The third-order valence-electron chi connectivity index (χ3n) is 12.8. The SMILES string of the molecule is CCCCCCCCCCCC(O)CCCCCCCC.CCCCCCCCCCCCCCCCCCOC(=O)CCCCCCCCCCCCCCCCC. The molecule has 0 aliphatic rings. The van der Waals surface area contributed by atoms with E-state index in [-0.39, 0.29) is 12.1 Å². The predicted octanol–water partition coefficient (Wildman–Crippen LogP) is 20.1. The number of hydrogen-bond acceptors (Lipinski definition) is 3. The van der Waals surface area contributed by atoms with Gasteiger partial charge in [0.25, 0.3) is 0 Å². The molecule has 0 rings (SSSR count). The van der Waals surface area contributed by atoms with Gasteiger partial charge in [0.15, 0.2) is 0 Å². The summed E-state index contributed by atoms with van der Waals surface area (Å²) in [6.07, 6.45) is 65.4. The van der Waals surface area contributed by atoms with E-state index in [0.717, 1.165) is 25.7 Å². The van der Waals surface area contributed by atoms with Crippen molar-refractivity contribution in [3.05, 3.63) is 0 Å². The van der Waals surface area contributed by atoms with Gasteiger partial charge in [0.2, 0.25) is 0 Å². The van der Waals surface area contributed by atoms with Gasteiger partial charge in [-0.3, -0.25) is 4.79 Å². The lowest BCUT2D eigenvalue weighted by Crippen LogP contribution is -2.05. The van der Waals surface area contributed by atoms with Gasteiger partial charge in [-0.2, -0.15) is 0 Å². The van der Waals surface area contributed by atoms with E-state index < -0.39 is 0 Å². The topological polar surface area (TPSA) is 46.5 Å². The molecule has 0 aliphatic heterocycles. The molecule has 1 unspecified atom stereocenters. The van der Waals surface area contributed by atoms with Crippen LogP contribution < -0.4 is 0 Å². The number of hydrogen-bond donors (Lipinski definition) is 1. The van der Waals surface area contributed by atoms with Crippen LogP contribution in [0.15, 0.2) is 0 Å². The first-order chi connectivity index (χ1) is 29.1. The van der Waals surface area contributed by atoms with Crippen molar-refractivity contribution in [2.45, 2.75) is 348 Å². The highest BCUT2D eigenvalue weighted by atomic mass is 16.5. The lowest BCUT2D eigenvalue weighted by atomic mass is 10.0. The molecule has 0 saturated heterocycles. The smallest absolute Gasteiger partial charge is 0.305 e. The summed E-state index contributed by atoms with van der Waals surface area (Å²) in [4.78, 5) is 11.9. The third kappa shape index (κ3) is 59.6. The summed E-state index contributed by atoms with van der Waals surface area (Å²) in [5, 5.41) is 9.95. The molecular formula is C56H114O3. The van der Waals surface area contributed by atoms with Gasteiger partial charge in [0.05, 0.1) is 12.7 Å². The second-order valence-corrected chi connectivity index (χ2v) is 19.1. The highest BCUT2D eigenvalue weighted by Crippen LogP contribution is 2.17. The van der Waals surface area contributed by atoms with E-state index in [0.29, 0.717) is 13.0 Å². The summed E-state index contributed by atoms with van der Waals surface area (Å²) in [7, 11) is 0. The largest absolute Gasteiger partial charge is 0.466 e. The standard InChI is InChI=1S/C36H72O2.C20H42O/c1-3-5-7-9-11-13-15-17-19-21-23-25-27-29-31-33-35-38-36(37)34-32-30-28-26-24-22-20-18-16-14-12-10-8-6-4-2;1-3-5-7-9-11-12-13-15-17-19-20(21)18-16-14-10-8-6-4-2/h3-35H2,1-2H3;20-21H,3-19H2,1-2H3. The Morgan fingerprint density at radius 3 is 0.763 bits per heavy atom. The zero-order valence-electron chi connectivity index (χ0n) is 41.7. The van der Waals surface area contributed by atoms with Gasteiger partial charge in [-0.05, 0) is 25.7 Å². The fraction of sp³-hybridized carbons (Fsp3) is 0.982. The Bertz CT molecular complexity index is 722. The highest BCUT2D eigenvalue weighted by Gasteiger charge is 2.05. The van der Waals surface area contributed by atoms with Crippen LogP contribution in [0.5, 0.6) is 0 Å². The molecule has 0 fully saturated rings. The summed E-state index contributed by atoms with van der Waals surface area (Å²) in [5.41, 5.74) is 0. The Labute approximate surface area is 374 Å². The zero-order valence-corrected chi connectivity index (χ0v) is 41.7. The maximum Gasteiger partial charge on any atom is 0.305 e. The van der Waals surface area contributed by atoms with E-state index in [9.17, 15) is 9.90 Å². The molecular weight excluding hydrogens is 721 g/mol. The molecule has 0 amide bonds. The molecule has 1 atom stereocenters. The average Bonchev–Trinajstić information content (AvgIpc) is 3.24. The van der Waals surface area contributed by atoms with Gasteiger partial charge in [0, 0.05) is 6.42 Å². The van der Waals surface area contributed by atoms with E-state index in [1.807, 2.05) is 0 Å². The van der Waals surface area contributed by atoms with Crippen molar-refractivity contribution in [2.75, 3.05) is 6.61 Å². The van der Waals surface area contributed by atoms with E-state index in [1.54, 1.807) is 0 Å². The molecule has 59 heavy (non-hydrogen) atoms. The Kier molecular flexibility index (Phi) is 58.9. The number of esters is 1. The Morgan fingerprint density at radius 1 is 0.305 bits per heavy atom. The van der Waals surface area contributed by atoms with Crippen molar-refractivity contribution in [1.82, 2.24) is 0 Å². The molecule has 0 aromatic heterocycles. The van der Waals surface area contributed by atoms with Crippen molar-refractivity contribution in [2.24, 2.45) is 0 Å². The fourth-order valence-corrected chi connectivity index (χ4v) is 8.54. The summed E-state index contributed by atoms with van der Waals surface area (Å²) >= 11 is 0. The van der Waals surface area contributed by atoms with Crippen molar-refractivity contribution < 1.29 is 14.6 Å². The van der Waals surface area contributed by atoms with Crippen LogP contribution in [0.25, 0.3) is 0 Å². The molecule has 3 heteroatoms. The quantitative estimate of drug-likeness (QED) is 0.0490. The van der Waals surface area contributed by atoms with E-state index in [1.165, 1.54) is 283 Å². The minimum Gasteiger partial charge on any atom is -0.466 e. The molecule has 0 aromatic carbocycles. The van der Waals surface area contributed by atoms with Crippen molar-refractivity contribution >= 4 is 5.97 Å². The second-order valence-electron chi connectivity index (χ2n) is 19.1. The van der Waals surface area contributed by atoms with E-state index in [2.05, 4.69) is 27.7 Å². The van der Waals surface area contributed by atoms with Crippen LogP contribution in [0.2, 0.25) is 0 Å². The molecule has 0 bridgehead atoms. The molecule has 3 nitrogen and oxygen atoms in total. The van der Waals surface area contributed by atoms with Crippen LogP contribution in [0.3, 0.4) is 0 Å². The van der Waals surface area contributed by atoms with Crippen molar-refractivity contribution in [3.63, 3.8) is 0 Å².